The zero-order chi connectivity index (χ0) is 18.0. The molecule has 0 radical (unpaired) electrons. The van der Waals surface area contributed by atoms with Crippen molar-refractivity contribution in [1.29, 1.82) is 0 Å². The largest absolute Gasteiger partial charge is 0.476 e. The summed E-state index contributed by atoms with van der Waals surface area (Å²) >= 11 is 6.39. The van der Waals surface area contributed by atoms with Gasteiger partial charge in [-0.2, -0.15) is 0 Å². The molecule has 0 atom stereocenters. The summed E-state index contributed by atoms with van der Waals surface area (Å²) in [4.78, 5) is 21.3. The number of aromatic carboxylic acids is 1. The van der Waals surface area contributed by atoms with Gasteiger partial charge in [-0.25, -0.2) is 14.8 Å². The molecule has 0 spiro atoms. The maximum Gasteiger partial charge on any atom is 0.358 e. The summed E-state index contributed by atoms with van der Waals surface area (Å²) in [7, 11) is 3.36. The molecular formula is C16H17ClN4O4. The number of ether oxygens (including phenoxy) is 2. The van der Waals surface area contributed by atoms with Crippen LogP contribution in [0.5, 0.6) is 0 Å². The van der Waals surface area contributed by atoms with Crippen molar-refractivity contribution in [2.45, 2.75) is 6.29 Å². The maximum absolute atomic E-state index is 11.5. The second-order valence-corrected chi connectivity index (χ2v) is 5.73. The van der Waals surface area contributed by atoms with Gasteiger partial charge in [-0.15, -0.1) is 0 Å². The fraction of sp³-hybridized carbons (Fsp3) is 0.312. The number of benzene rings is 1. The molecule has 0 saturated carbocycles. The second-order valence-electron chi connectivity index (χ2n) is 5.33. The Bertz CT molecular complexity index is 796. The predicted octanol–water partition coefficient (Wildman–Crippen LogP) is 2.68. The second kappa shape index (κ2) is 7.22. The zero-order valence-electron chi connectivity index (χ0n) is 13.7. The van der Waals surface area contributed by atoms with Crippen LogP contribution in [0.4, 0.5) is 17.3 Å². The lowest BCUT2D eigenvalue weighted by atomic mass is 10.2. The first-order valence-corrected chi connectivity index (χ1v) is 7.93. The number of carbonyl (C=O) groups is 1. The smallest absolute Gasteiger partial charge is 0.358 e. The summed E-state index contributed by atoms with van der Waals surface area (Å²) in [5.74, 6) is -0.535. The van der Waals surface area contributed by atoms with Gasteiger partial charge in [0.25, 0.3) is 0 Å². The molecule has 1 aliphatic heterocycles. The minimum absolute atomic E-state index is 0.163. The molecule has 1 aromatic heterocycles. The molecule has 1 aliphatic rings. The third-order valence-electron chi connectivity index (χ3n) is 3.76. The number of aromatic nitrogens is 2. The van der Waals surface area contributed by atoms with Crippen LogP contribution in [0.1, 0.15) is 22.3 Å². The SMILES string of the molecule is CNc1cnc(C(=O)O)c(N(C)c2ccc(C3OCCO3)cc2Cl)n1. The fourth-order valence-electron chi connectivity index (χ4n) is 2.49. The number of nitrogens with one attached hydrogen (secondary N) is 1. The van der Waals surface area contributed by atoms with E-state index in [9.17, 15) is 9.90 Å². The summed E-state index contributed by atoms with van der Waals surface area (Å²) in [5, 5.41) is 12.6. The monoisotopic (exact) mass is 364 g/mol. The number of carboxylic acids is 1. The Kier molecular flexibility index (Phi) is 5.03. The third-order valence-corrected chi connectivity index (χ3v) is 4.06. The topological polar surface area (TPSA) is 96.8 Å². The molecular weight excluding hydrogens is 348 g/mol. The molecule has 3 rings (SSSR count). The van der Waals surface area contributed by atoms with Gasteiger partial charge < -0.3 is 24.8 Å². The molecule has 0 bridgehead atoms. The highest BCUT2D eigenvalue weighted by molar-refractivity contribution is 6.33. The average molecular weight is 365 g/mol. The van der Waals surface area contributed by atoms with Gasteiger partial charge in [0.15, 0.2) is 17.8 Å². The van der Waals surface area contributed by atoms with Gasteiger partial charge in [0, 0.05) is 19.7 Å². The summed E-state index contributed by atoms with van der Waals surface area (Å²) in [6.45, 7) is 1.08. The molecule has 2 N–H and O–H groups in total. The highest BCUT2D eigenvalue weighted by atomic mass is 35.5. The van der Waals surface area contributed by atoms with Crippen molar-refractivity contribution in [3.8, 4) is 0 Å². The van der Waals surface area contributed by atoms with Crippen molar-refractivity contribution in [2.75, 3.05) is 37.5 Å². The van der Waals surface area contributed by atoms with Crippen LogP contribution in [0.3, 0.4) is 0 Å². The lowest BCUT2D eigenvalue weighted by Gasteiger charge is -2.22. The Morgan fingerprint density at radius 3 is 2.72 bits per heavy atom. The van der Waals surface area contributed by atoms with E-state index in [1.54, 1.807) is 31.1 Å². The Morgan fingerprint density at radius 2 is 2.12 bits per heavy atom. The van der Waals surface area contributed by atoms with Crippen LogP contribution in [0.25, 0.3) is 0 Å². The van der Waals surface area contributed by atoms with Gasteiger partial charge in [-0.1, -0.05) is 17.7 Å². The average Bonchev–Trinajstić information content (AvgIpc) is 3.15. The lowest BCUT2D eigenvalue weighted by Crippen LogP contribution is -2.18. The standard InChI is InChI=1S/C16H17ClN4O4/c1-18-12-8-19-13(15(22)23)14(20-12)21(2)11-4-3-9(7-10(11)17)16-24-5-6-25-16/h3-4,7-8,16H,5-6H2,1-2H3,(H,18,20)(H,22,23). The van der Waals surface area contributed by atoms with Crippen LogP contribution in [0.15, 0.2) is 24.4 Å². The van der Waals surface area contributed by atoms with Crippen molar-refractivity contribution in [1.82, 2.24) is 9.97 Å². The lowest BCUT2D eigenvalue weighted by molar-refractivity contribution is -0.0441. The van der Waals surface area contributed by atoms with Crippen LogP contribution >= 0.6 is 11.6 Å². The van der Waals surface area contributed by atoms with Crippen molar-refractivity contribution in [2.24, 2.45) is 0 Å². The van der Waals surface area contributed by atoms with Crippen molar-refractivity contribution >= 4 is 34.9 Å². The molecule has 0 aliphatic carbocycles. The minimum atomic E-state index is -1.17. The van der Waals surface area contributed by atoms with Crippen LogP contribution in [0.2, 0.25) is 5.02 Å². The van der Waals surface area contributed by atoms with Gasteiger partial charge >= 0.3 is 5.97 Å². The van der Waals surface area contributed by atoms with Crippen LogP contribution in [-0.2, 0) is 9.47 Å². The van der Waals surface area contributed by atoms with Crippen molar-refractivity contribution < 1.29 is 19.4 Å². The quantitative estimate of drug-likeness (QED) is 0.835. The van der Waals surface area contributed by atoms with E-state index in [1.165, 1.54) is 6.20 Å². The fourth-order valence-corrected chi connectivity index (χ4v) is 2.81. The highest BCUT2D eigenvalue weighted by Crippen LogP contribution is 2.35. The number of hydrogen-bond donors (Lipinski definition) is 2. The van der Waals surface area contributed by atoms with Crippen LogP contribution < -0.4 is 10.2 Å². The van der Waals surface area contributed by atoms with E-state index in [4.69, 9.17) is 21.1 Å². The molecule has 2 aromatic rings. The number of rotatable bonds is 5. The number of hydrogen-bond acceptors (Lipinski definition) is 7. The van der Waals surface area contributed by atoms with E-state index in [0.717, 1.165) is 5.56 Å². The first-order chi connectivity index (χ1) is 12.0. The van der Waals surface area contributed by atoms with Gasteiger partial charge in [-0.3, -0.25) is 0 Å². The van der Waals surface area contributed by atoms with Gasteiger partial charge in [0.05, 0.1) is 30.1 Å². The summed E-state index contributed by atoms with van der Waals surface area (Å²) < 4.78 is 10.9. The number of halogens is 1. The molecule has 1 aromatic carbocycles. The van der Waals surface area contributed by atoms with Crippen molar-refractivity contribution in [3.63, 3.8) is 0 Å². The van der Waals surface area contributed by atoms with Crippen molar-refractivity contribution in [3.05, 3.63) is 40.7 Å². The summed E-state index contributed by atoms with van der Waals surface area (Å²) in [5.41, 5.74) is 1.23. The van der Waals surface area contributed by atoms with E-state index in [-0.39, 0.29) is 11.5 Å². The highest BCUT2D eigenvalue weighted by Gasteiger charge is 2.23. The molecule has 25 heavy (non-hydrogen) atoms. The van der Waals surface area contributed by atoms with Crippen LogP contribution in [0, 0.1) is 0 Å². The molecule has 2 heterocycles. The van der Waals surface area contributed by atoms with E-state index < -0.39 is 12.3 Å². The minimum Gasteiger partial charge on any atom is -0.476 e. The normalized spacial score (nSPS) is 14.5. The first kappa shape index (κ1) is 17.4. The Labute approximate surface area is 149 Å². The molecule has 0 unspecified atom stereocenters. The Hall–Kier alpha value is -2.42. The van der Waals surface area contributed by atoms with Gasteiger partial charge in [0.2, 0.25) is 0 Å². The van der Waals surface area contributed by atoms with E-state index >= 15 is 0 Å². The summed E-state index contributed by atoms with van der Waals surface area (Å²) in [6, 6.07) is 5.32. The third kappa shape index (κ3) is 3.51. The van der Waals surface area contributed by atoms with E-state index in [0.29, 0.717) is 29.7 Å². The Morgan fingerprint density at radius 1 is 1.40 bits per heavy atom. The maximum atomic E-state index is 11.5. The molecule has 8 nitrogen and oxygen atoms in total. The van der Waals surface area contributed by atoms with Crippen LogP contribution in [-0.4, -0.2) is 48.4 Å². The zero-order valence-corrected chi connectivity index (χ0v) is 14.4. The molecule has 9 heteroatoms. The molecule has 1 saturated heterocycles. The van der Waals surface area contributed by atoms with E-state index in [2.05, 4.69) is 15.3 Å². The number of carboxylic acid groups (broad SMARTS) is 1. The Balaban J connectivity index is 1.97. The van der Waals surface area contributed by atoms with Gasteiger partial charge in [-0.05, 0) is 12.1 Å². The first-order valence-electron chi connectivity index (χ1n) is 7.55. The van der Waals surface area contributed by atoms with Gasteiger partial charge in [0.1, 0.15) is 5.82 Å². The molecule has 1 fully saturated rings. The predicted molar refractivity (Wildman–Crippen MR) is 92.7 cm³/mol. The molecule has 132 valence electrons. The molecule has 0 amide bonds. The van der Waals surface area contributed by atoms with E-state index in [1.807, 2.05) is 6.07 Å². The summed E-state index contributed by atoms with van der Waals surface area (Å²) in [6.07, 6.45) is 0.930. The number of nitrogens with zero attached hydrogens (tertiary/aromatic N) is 3. The number of anilines is 3.